The first-order valence-electron chi connectivity index (χ1n) is 9.54. The minimum atomic E-state index is -3.69. The summed E-state index contributed by atoms with van der Waals surface area (Å²) >= 11 is 1.70. The van der Waals surface area contributed by atoms with Crippen LogP contribution in [0.5, 0.6) is 0 Å². The van der Waals surface area contributed by atoms with Crippen LogP contribution in [-0.2, 0) is 20.6 Å². The SMILES string of the molecule is Cc1ccccc1NS(=O)(=O)c1ccc(NC(=O)CCSCc2ccccc2)cc1. The maximum Gasteiger partial charge on any atom is 0.261 e. The standard InChI is InChI=1S/C23H24N2O3S2/c1-18-7-5-6-10-22(18)25-30(27,28)21-13-11-20(12-14-21)24-23(26)15-16-29-17-19-8-3-2-4-9-19/h2-14,25H,15-17H2,1H3,(H,24,26). The summed E-state index contributed by atoms with van der Waals surface area (Å²) in [7, 11) is -3.69. The van der Waals surface area contributed by atoms with Crippen molar-refractivity contribution in [2.24, 2.45) is 0 Å². The van der Waals surface area contributed by atoms with E-state index >= 15 is 0 Å². The van der Waals surface area contributed by atoms with Gasteiger partial charge in [-0.2, -0.15) is 11.8 Å². The van der Waals surface area contributed by atoms with E-state index in [-0.39, 0.29) is 10.8 Å². The summed E-state index contributed by atoms with van der Waals surface area (Å²) in [6, 6.07) is 23.5. The molecule has 0 saturated heterocycles. The molecule has 5 nitrogen and oxygen atoms in total. The number of sulfonamides is 1. The monoisotopic (exact) mass is 440 g/mol. The van der Waals surface area contributed by atoms with Gasteiger partial charge in [0, 0.05) is 23.6 Å². The molecule has 3 aromatic carbocycles. The Labute approximate surface area is 182 Å². The Morgan fingerprint density at radius 1 is 0.900 bits per heavy atom. The molecule has 0 radical (unpaired) electrons. The van der Waals surface area contributed by atoms with Gasteiger partial charge in [-0.1, -0.05) is 48.5 Å². The maximum absolute atomic E-state index is 12.6. The fourth-order valence-electron chi connectivity index (χ4n) is 2.76. The molecule has 0 aromatic heterocycles. The third-order valence-electron chi connectivity index (χ3n) is 4.42. The highest BCUT2D eigenvalue weighted by Gasteiger charge is 2.15. The van der Waals surface area contributed by atoms with E-state index in [1.165, 1.54) is 17.7 Å². The topological polar surface area (TPSA) is 75.3 Å². The van der Waals surface area contributed by atoms with Gasteiger partial charge in [-0.25, -0.2) is 8.42 Å². The highest BCUT2D eigenvalue weighted by Crippen LogP contribution is 2.21. The number of anilines is 2. The average Bonchev–Trinajstić information content (AvgIpc) is 2.74. The number of hydrogen-bond acceptors (Lipinski definition) is 4. The molecule has 30 heavy (non-hydrogen) atoms. The van der Waals surface area contributed by atoms with Gasteiger partial charge < -0.3 is 5.32 Å². The van der Waals surface area contributed by atoms with Gasteiger partial charge in [0.05, 0.1) is 10.6 Å². The van der Waals surface area contributed by atoms with Gasteiger partial charge in [-0.15, -0.1) is 0 Å². The van der Waals surface area contributed by atoms with Crippen molar-refractivity contribution in [1.29, 1.82) is 0 Å². The third-order valence-corrected chi connectivity index (χ3v) is 6.83. The molecular weight excluding hydrogens is 416 g/mol. The van der Waals surface area contributed by atoms with Gasteiger partial charge in [0.2, 0.25) is 5.91 Å². The smallest absolute Gasteiger partial charge is 0.261 e. The minimum absolute atomic E-state index is 0.0933. The van der Waals surface area contributed by atoms with Gasteiger partial charge in [-0.05, 0) is 48.4 Å². The van der Waals surface area contributed by atoms with E-state index < -0.39 is 10.0 Å². The van der Waals surface area contributed by atoms with Gasteiger partial charge in [0.1, 0.15) is 0 Å². The highest BCUT2D eigenvalue weighted by molar-refractivity contribution is 7.98. The Bertz CT molecular complexity index is 1080. The first-order valence-corrected chi connectivity index (χ1v) is 12.2. The van der Waals surface area contributed by atoms with E-state index in [2.05, 4.69) is 22.2 Å². The molecular formula is C23H24N2O3S2. The van der Waals surface area contributed by atoms with Crippen LogP contribution in [0, 0.1) is 6.92 Å². The number of carbonyl (C=O) groups excluding carboxylic acids is 1. The predicted molar refractivity (Wildman–Crippen MR) is 124 cm³/mol. The van der Waals surface area contributed by atoms with Crippen LogP contribution in [0.4, 0.5) is 11.4 Å². The molecule has 3 rings (SSSR count). The van der Waals surface area contributed by atoms with E-state index in [9.17, 15) is 13.2 Å². The third kappa shape index (κ3) is 6.37. The molecule has 0 aliphatic rings. The number of para-hydroxylation sites is 1. The van der Waals surface area contributed by atoms with E-state index in [0.29, 0.717) is 23.5 Å². The Morgan fingerprint density at radius 2 is 1.57 bits per heavy atom. The lowest BCUT2D eigenvalue weighted by molar-refractivity contribution is -0.115. The second-order valence-electron chi connectivity index (χ2n) is 6.78. The van der Waals surface area contributed by atoms with Gasteiger partial charge in [0.25, 0.3) is 10.0 Å². The molecule has 0 heterocycles. The zero-order valence-corrected chi connectivity index (χ0v) is 18.3. The maximum atomic E-state index is 12.6. The van der Waals surface area contributed by atoms with Crippen molar-refractivity contribution in [2.45, 2.75) is 24.0 Å². The number of benzene rings is 3. The van der Waals surface area contributed by atoms with Gasteiger partial charge in [0.15, 0.2) is 0 Å². The van der Waals surface area contributed by atoms with Crippen LogP contribution >= 0.6 is 11.8 Å². The van der Waals surface area contributed by atoms with Crippen molar-refractivity contribution >= 4 is 39.1 Å². The Kier molecular flexibility index (Phi) is 7.54. The van der Waals surface area contributed by atoms with Crippen LogP contribution in [0.25, 0.3) is 0 Å². The molecule has 156 valence electrons. The number of aryl methyl sites for hydroxylation is 1. The lowest BCUT2D eigenvalue weighted by atomic mass is 10.2. The molecule has 0 fully saturated rings. The average molecular weight is 441 g/mol. The fourth-order valence-corrected chi connectivity index (χ4v) is 4.79. The second-order valence-corrected chi connectivity index (χ2v) is 9.57. The van der Waals surface area contributed by atoms with Crippen LogP contribution in [0.1, 0.15) is 17.5 Å². The van der Waals surface area contributed by atoms with Crippen LogP contribution < -0.4 is 10.0 Å². The first kappa shape index (κ1) is 21.9. The highest BCUT2D eigenvalue weighted by atomic mass is 32.2. The summed E-state index contributed by atoms with van der Waals surface area (Å²) in [4.78, 5) is 12.3. The number of rotatable bonds is 9. The molecule has 2 N–H and O–H groups in total. The molecule has 0 bridgehead atoms. The van der Waals surface area contributed by atoms with Crippen LogP contribution in [0.2, 0.25) is 0 Å². The number of amides is 1. The van der Waals surface area contributed by atoms with Crippen molar-refractivity contribution in [2.75, 3.05) is 15.8 Å². The fraction of sp³-hybridized carbons (Fsp3) is 0.174. The Morgan fingerprint density at radius 3 is 2.27 bits per heavy atom. The molecule has 1 amide bonds. The minimum Gasteiger partial charge on any atom is -0.326 e. The normalized spacial score (nSPS) is 11.1. The molecule has 7 heteroatoms. The van der Waals surface area contributed by atoms with Crippen LogP contribution in [0.15, 0.2) is 83.8 Å². The van der Waals surface area contributed by atoms with Crippen molar-refractivity contribution < 1.29 is 13.2 Å². The van der Waals surface area contributed by atoms with Crippen LogP contribution in [0.3, 0.4) is 0 Å². The summed E-state index contributed by atoms with van der Waals surface area (Å²) in [6.45, 7) is 1.84. The van der Waals surface area contributed by atoms with E-state index in [1.54, 1.807) is 36.0 Å². The van der Waals surface area contributed by atoms with Gasteiger partial charge in [-0.3, -0.25) is 9.52 Å². The number of nitrogens with one attached hydrogen (secondary N) is 2. The lowest BCUT2D eigenvalue weighted by Gasteiger charge is -2.11. The van der Waals surface area contributed by atoms with Crippen LogP contribution in [-0.4, -0.2) is 20.1 Å². The Balaban J connectivity index is 1.50. The molecule has 0 unspecified atom stereocenters. The molecule has 3 aromatic rings. The summed E-state index contributed by atoms with van der Waals surface area (Å²) < 4.78 is 27.7. The van der Waals surface area contributed by atoms with Crippen molar-refractivity contribution in [3.05, 3.63) is 90.0 Å². The van der Waals surface area contributed by atoms with E-state index in [1.807, 2.05) is 37.3 Å². The summed E-state index contributed by atoms with van der Waals surface area (Å²) in [5, 5.41) is 2.81. The molecule has 0 aliphatic carbocycles. The summed E-state index contributed by atoms with van der Waals surface area (Å²) in [5.41, 5.74) is 3.19. The van der Waals surface area contributed by atoms with E-state index in [0.717, 1.165) is 11.3 Å². The molecule has 0 atom stereocenters. The number of thioether (sulfide) groups is 1. The molecule has 0 aliphatic heterocycles. The first-order chi connectivity index (χ1) is 14.4. The van der Waals surface area contributed by atoms with E-state index in [4.69, 9.17) is 0 Å². The molecule has 0 spiro atoms. The largest absolute Gasteiger partial charge is 0.326 e. The predicted octanol–water partition coefficient (Wildman–Crippen LogP) is 5.06. The zero-order chi connectivity index (χ0) is 21.4. The lowest BCUT2D eigenvalue weighted by Crippen LogP contribution is -2.15. The summed E-state index contributed by atoms with van der Waals surface area (Å²) in [5.74, 6) is 1.49. The number of hydrogen-bond donors (Lipinski definition) is 2. The number of carbonyl (C=O) groups is 1. The zero-order valence-electron chi connectivity index (χ0n) is 16.7. The van der Waals surface area contributed by atoms with Crippen molar-refractivity contribution in [3.63, 3.8) is 0 Å². The van der Waals surface area contributed by atoms with Gasteiger partial charge >= 0.3 is 0 Å². The van der Waals surface area contributed by atoms with Crippen molar-refractivity contribution in [1.82, 2.24) is 0 Å². The quantitative estimate of drug-likeness (QED) is 0.456. The molecule has 0 saturated carbocycles. The van der Waals surface area contributed by atoms with Crippen molar-refractivity contribution in [3.8, 4) is 0 Å². The Hall–Kier alpha value is -2.77. The summed E-state index contributed by atoms with van der Waals surface area (Å²) in [6.07, 6.45) is 0.395. The second kappa shape index (κ2) is 10.3.